The highest BCUT2D eigenvalue weighted by atomic mass is 16.5. The van der Waals surface area contributed by atoms with Gasteiger partial charge in [-0.3, -0.25) is 0 Å². The van der Waals surface area contributed by atoms with E-state index >= 15 is 0 Å². The fourth-order valence-electron chi connectivity index (χ4n) is 2.67. The fraction of sp³-hybridized carbons (Fsp3) is 0.316. The zero-order chi connectivity index (χ0) is 17.8. The first kappa shape index (κ1) is 17.5. The molecule has 130 valence electrons. The Labute approximate surface area is 148 Å². The van der Waals surface area contributed by atoms with E-state index in [4.69, 9.17) is 14.1 Å². The van der Waals surface area contributed by atoms with Crippen molar-refractivity contribution in [2.45, 2.75) is 13.4 Å². The molecule has 0 radical (unpaired) electrons. The van der Waals surface area contributed by atoms with Gasteiger partial charge in [-0.1, -0.05) is 12.9 Å². The lowest BCUT2D eigenvalue weighted by molar-refractivity contribution is 0.0482. The molecule has 0 bridgehead atoms. The Morgan fingerprint density at radius 3 is 2.60 bits per heavy atom. The topological polar surface area (TPSA) is 48.0 Å². The Hall–Kier alpha value is -2.31. The predicted octanol–water partition coefficient (Wildman–Crippen LogP) is 2.56. The monoisotopic (exact) mass is 339 g/mol. The van der Waals surface area contributed by atoms with E-state index in [0.29, 0.717) is 31.1 Å². The van der Waals surface area contributed by atoms with E-state index in [2.05, 4.69) is 0 Å². The molecular formula is C19H22BNO4. The van der Waals surface area contributed by atoms with Gasteiger partial charge in [-0.15, -0.1) is 0 Å². The van der Waals surface area contributed by atoms with Crippen molar-refractivity contribution >= 4 is 18.3 Å². The Balaban J connectivity index is 1.60. The number of carbonyl (C=O) groups is 1. The minimum absolute atomic E-state index is 0.141. The van der Waals surface area contributed by atoms with Crippen LogP contribution in [0.1, 0.15) is 15.9 Å². The second-order valence-electron chi connectivity index (χ2n) is 6.38. The summed E-state index contributed by atoms with van der Waals surface area (Å²) in [5.74, 6) is 1.12. The molecule has 3 rings (SSSR count). The molecule has 5 nitrogen and oxygen atoms in total. The van der Waals surface area contributed by atoms with Gasteiger partial charge >= 0.3 is 12.9 Å². The fourth-order valence-corrected chi connectivity index (χ4v) is 2.67. The first-order valence-electron chi connectivity index (χ1n) is 8.37. The van der Waals surface area contributed by atoms with E-state index in [0.717, 1.165) is 11.3 Å². The largest absolute Gasteiger partial charge is 0.461 e. The van der Waals surface area contributed by atoms with Crippen LogP contribution in [0.2, 0.25) is 6.82 Å². The average Bonchev–Trinajstić information content (AvgIpc) is 2.96. The van der Waals surface area contributed by atoms with Crippen molar-refractivity contribution < 1.29 is 18.9 Å². The maximum atomic E-state index is 12.0. The van der Waals surface area contributed by atoms with Crippen LogP contribution in [0, 0.1) is 0 Å². The van der Waals surface area contributed by atoms with Gasteiger partial charge in [-0.25, -0.2) is 4.79 Å². The SMILES string of the molecule is CB1OCc2cc(Oc3ccc(C(=O)OCCN(C)C)cc3)ccc21. The predicted molar refractivity (Wildman–Crippen MR) is 97.8 cm³/mol. The summed E-state index contributed by atoms with van der Waals surface area (Å²) in [4.78, 5) is 13.9. The summed E-state index contributed by atoms with van der Waals surface area (Å²) >= 11 is 0. The average molecular weight is 339 g/mol. The molecule has 0 saturated heterocycles. The van der Waals surface area contributed by atoms with Crippen molar-refractivity contribution in [3.8, 4) is 11.5 Å². The van der Waals surface area contributed by atoms with Crippen LogP contribution in [0.25, 0.3) is 0 Å². The minimum Gasteiger partial charge on any atom is -0.461 e. The number of benzene rings is 2. The molecule has 1 aliphatic heterocycles. The molecular weight excluding hydrogens is 317 g/mol. The lowest BCUT2D eigenvalue weighted by Gasteiger charge is -2.10. The van der Waals surface area contributed by atoms with Gasteiger partial charge in [0, 0.05) is 6.54 Å². The minimum atomic E-state index is -0.322. The number of likely N-dealkylation sites (N-methyl/N-ethyl adjacent to an activating group) is 1. The zero-order valence-corrected chi connectivity index (χ0v) is 14.8. The molecule has 0 aromatic heterocycles. The molecule has 0 N–H and O–H groups in total. The molecule has 0 fully saturated rings. The molecule has 0 spiro atoms. The third-order valence-corrected chi connectivity index (χ3v) is 4.14. The standard InChI is InChI=1S/C19H22BNO4/c1-20-18-9-8-17(12-15(18)13-24-20)25-16-6-4-14(5-7-16)19(22)23-11-10-21(2)3/h4-9,12H,10-11,13H2,1-3H3. The van der Waals surface area contributed by atoms with Crippen LogP contribution >= 0.6 is 0 Å². The molecule has 1 heterocycles. The van der Waals surface area contributed by atoms with Crippen LogP contribution in [0.15, 0.2) is 42.5 Å². The van der Waals surface area contributed by atoms with E-state index < -0.39 is 0 Å². The lowest BCUT2D eigenvalue weighted by Crippen LogP contribution is -2.23. The van der Waals surface area contributed by atoms with E-state index in [-0.39, 0.29) is 12.9 Å². The summed E-state index contributed by atoms with van der Waals surface area (Å²) in [7, 11) is 3.87. The smallest absolute Gasteiger partial charge is 0.338 e. The first-order chi connectivity index (χ1) is 12.0. The van der Waals surface area contributed by atoms with Crippen molar-refractivity contribution in [3.05, 3.63) is 53.6 Å². The number of ether oxygens (including phenoxy) is 2. The molecule has 0 amide bonds. The van der Waals surface area contributed by atoms with Crippen LogP contribution in [0.5, 0.6) is 11.5 Å². The van der Waals surface area contributed by atoms with Crippen molar-refractivity contribution in [3.63, 3.8) is 0 Å². The number of esters is 1. The molecule has 25 heavy (non-hydrogen) atoms. The van der Waals surface area contributed by atoms with E-state index in [1.165, 1.54) is 5.46 Å². The highest BCUT2D eigenvalue weighted by Gasteiger charge is 2.23. The van der Waals surface area contributed by atoms with Gasteiger partial charge in [-0.05, 0) is 61.5 Å². The van der Waals surface area contributed by atoms with Gasteiger partial charge in [-0.2, -0.15) is 0 Å². The van der Waals surface area contributed by atoms with Crippen LogP contribution in [0.3, 0.4) is 0 Å². The van der Waals surface area contributed by atoms with Crippen molar-refractivity contribution in [2.24, 2.45) is 0 Å². The molecule has 0 atom stereocenters. The number of nitrogens with zero attached hydrogens (tertiary/aromatic N) is 1. The van der Waals surface area contributed by atoms with E-state index in [9.17, 15) is 4.79 Å². The van der Waals surface area contributed by atoms with Crippen LogP contribution in [-0.2, 0) is 16.0 Å². The van der Waals surface area contributed by atoms with Gasteiger partial charge in [0.25, 0.3) is 0 Å². The Morgan fingerprint density at radius 2 is 1.88 bits per heavy atom. The van der Waals surface area contributed by atoms with Gasteiger partial charge in [0.15, 0.2) is 0 Å². The Bertz CT molecular complexity index is 746. The maximum Gasteiger partial charge on any atom is 0.338 e. The maximum absolute atomic E-state index is 12.0. The third kappa shape index (κ3) is 4.41. The van der Waals surface area contributed by atoms with Gasteiger partial charge in [0.2, 0.25) is 0 Å². The highest BCUT2D eigenvalue weighted by molar-refractivity contribution is 6.67. The van der Waals surface area contributed by atoms with Crippen LogP contribution < -0.4 is 10.2 Å². The lowest BCUT2D eigenvalue weighted by atomic mass is 9.64. The van der Waals surface area contributed by atoms with Crippen molar-refractivity contribution in [1.29, 1.82) is 0 Å². The quantitative estimate of drug-likeness (QED) is 0.598. The number of rotatable bonds is 6. The summed E-state index contributed by atoms with van der Waals surface area (Å²) in [6, 6.07) is 13.0. The molecule has 0 unspecified atom stereocenters. The van der Waals surface area contributed by atoms with Crippen molar-refractivity contribution in [2.75, 3.05) is 27.2 Å². The second kappa shape index (κ2) is 7.72. The Kier molecular flexibility index (Phi) is 5.41. The van der Waals surface area contributed by atoms with E-state index in [1.54, 1.807) is 24.3 Å². The van der Waals surface area contributed by atoms with Gasteiger partial charge < -0.3 is 19.0 Å². The summed E-state index contributed by atoms with van der Waals surface area (Å²) in [5, 5.41) is 0. The first-order valence-corrected chi connectivity index (χ1v) is 8.37. The molecule has 1 aliphatic rings. The zero-order valence-electron chi connectivity index (χ0n) is 14.8. The number of fused-ring (bicyclic) bond motifs is 1. The number of hydrogen-bond donors (Lipinski definition) is 0. The van der Waals surface area contributed by atoms with Gasteiger partial charge in [0.1, 0.15) is 18.1 Å². The third-order valence-electron chi connectivity index (χ3n) is 4.14. The molecule has 0 aliphatic carbocycles. The molecule has 2 aromatic carbocycles. The highest BCUT2D eigenvalue weighted by Crippen LogP contribution is 2.24. The molecule has 6 heteroatoms. The van der Waals surface area contributed by atoms with E-state index in [1.807, 2.05) is 44.0 Å². The molecule has 2 aromatic rings. The number of carbonyl (C=O) groups excluding carboxylic acids is 1. The Morgan fingerprint density at radius 1 is 1.16 bits per heavy atom. The second-order valence-corrected chi connectivity index (χ2v) is 6.38. The van der Waals surface area contributed by atoms with Crippen LogP contribution in [0.4, 0.5) is 0 Å². The summed E-state index contributed by atoms with van der Waals surface area (Å²) < 4.78 is 16.7. The normalized spacial score (nSPS) is 13.0. The van der Waals surface area contributed by atoms with Gasteiger partial charge in [0.05, 0.1) is 12.2 Å². The molecule has 0 saturated carbocycles. The van der Waals surface area contributed by atoms with Crippen molar-refractivity contribution in [1.82, 2.24) is 4.90 Å². The summed E-state index contributed by atoms with van der Waals surface area (Å²) in [6.07, 6.45) is 0. The van der Waals surface area contributed by atoms with Crippen LogP contribution in [-0.4, -0.2) is 45.0 Å². The number of hydrogen-bond acceptors (Lipinski definition) is 5. The summed E-state index contributed by atoms with van der Waals surface area (Å²) in [5.41, 5.74) is 2.89. The summed E-state index contributed by atoms with van der Waals surface area (Å²) in [6.45, 7) is 3.88.